The summed E-state index contributed by atoms with van der Waals surface area (Å²) in [4.78, 5) is 29.2. The van der Waals surface area contributed by atoms with Gasteiger partial charge in [-0.25, -0.2) is 14.5 Å². The maximum Gasteiger partial charge on any atom is 0.378 e. The second kappa shape index (κ2) is 9.53. The van der Waals surface area contributed by atoms with Crippen molar-refractivity contribution in [2.24, 2.45) is 0 Å². The minimum Gasteiger partial charge on any atom is -0.451 e. The monoisotopic (exact) mass is 485 g/mol. The molecule has 0 aliphatic carbocycles. The summed E-state index contributed by atoms with van der Waals surface area (Å²) in [6.07, 6.45) is 0. The fourth-order valence-electron chi connectivity index (χ4n) is 2.91. The van der Waals surface area contributed by atoms with E-state index in [2.05, 4.69) is 10.1 Å². The van der Waals surface area contributed by atoms with Gasteiger partial charge in [-0.2, -0.15) is 0 Å². The van der Waals surface area contributed by atoms with Gasteiger partial charge in [0.25, 0.3) is 5.82 Å². The van der Waals surface area contributed by atoms with Crippen LogP contribution >= 0.6 is 34.8 Å². The Labute approximate surface area is 198 Å². The highest BCUT2D eigenvalue weighted by Crippen LogP contribution is 2.28. The number of aromatic nitrogens is 3. The zero-order valence-electron chi connectivity index (χ0n) is 16.3. The van der Waals surface area contributed by atoms with E-state index in [1.54, 1.807) is 72.8 Å². The minimum atomic E-state index is -0.837. The maximum atomic E-state index is 12.6. The van der Waals surface area contributed by atoms with E-state index in [1.807, 2.05) is 0 Å². The van der Waals surface area contributed by atoms with E-state index in [0.29, 0.717) is 37.7 Å². The number of hydrogen-bond acceptors (Lipinski definition) is 5. The number of rotatable bonds is 6. The van der Waals surface area contributed by atoms with Gasteiger partial charge in [0.15, 0.2) is 18.2 Å². The minimum absolute atomic E-state index is 0.216. The first-order valence-electron chi connectivity index (χ1n) is 9.36. The van der Waals surface area contributed by atoms with Crippen LogP contribution in [-0.4, -0.2) is 33.1 Å². The third-order valence-electron chi connectivity index (χ3n) is 4.45. The predicted octanol–water partition coefficient (Wildman–Crippen LogP) is 5.93. The molecule has 0 saturated carbocycles. The van der Waals surface area contributed by atoms with Gasteiger partial charge in [0.05, 0.1) is 15.7 Å². The highest BCUT2D eigenvalue weighted by molar-refractivity contribution is 6.42. The van der Waals surface area contributed by atoms with Gasteiger partial charge < -0.3 is 4.74 Å². The number of esters is 1. The van der Waals surface area contributed by atoms with Crippen LogP contribution in [0.2, 0.25) is 15.1 Å². The number of nitrogens with zero attached hydrogens (tertiary/aromatic N) is 3. The van der Waals surface area contributed by atoms with E-state index < -0.39 is 12.6 Å². The van der Waals surface area contributed by atoms with Crippen molar-refractivity contribution in [1.82, 2.24) is 14.8 Å². The van der Waals surface area contributed by atoms with E-state index in [1.165, 1.54) is 4.68 Å². The molecule has 0 amide bonds. The lowest BCUT2D eigenvalue weighted by Crippen LogP contribution is -2.15. The van der Waals surface area contributed by atoms with Gasteiger partial charge in [-0.3, -0.25) is 4.79 Å². The number of Topliss-reactive ketones (excluding diaryl/α,β-unsaturated/α-hetero) is 1. The summed E-state index contributed by atoms with van der Waals surface area (Å²) >= 11 is 18.3. The van der Waals surface area contributed by atoms with Crippen LogP contribution in [0.25, 0.3) is 17.1 Å². The van der Waals surface area contributed by atoms with Gasteiger partial charge >= 0.3 is 5.97 Å². The van der Waals surface area contributed by atoms with Crippen molar-refractivity contribution in [2.45, 2.75) is 0 Å². The third-order valence-corrected chi connectivity index (χ3v) is 5.42. The third kappa shape index (κ3) is 4.83. The molecule has 6 nitrogen and oxygen atoms in total. The topological polar surface area (TPSA) is 74.1 Å². The lowest BCUT2D eigenvalue weighted by molar-refractivity contribution is 0.0462. The van der Waals surface area contributed by atoms with Crippen molar-refractivity contribution in [2.75, 3.05) is 6.61 Å². The van der Waals surface area contributed by atoms with E-state index in [-0.39, 0.29) is 11.6 Å². The summed E-state index contributed by atoms with van der Waals surface area (Å²) in [5, 5.41) is 5.46. The van der Waals surface area contributed by atoms with Gasteiger partial charge in [-0.15, -0.1) is 5.10 Å². The average molecular weight is 487 g/mol. The van der Waals surface area contributed by atoms with Gasteiger partial charge in [0, 0.05) is 16.1 Å². The van der Waals surface area contributed by atoms with E-state index in [9.17, 15) is 9.59 Å². The Hall–Kier alpha value is -3.19. The molecule has 0 aliphatic heterocycles. The number of hydrogen-bond donors (Lipinski definition) is 0. The Morgan fingerprint density at radius 2 is 1.66 bits per heavy atom. The molecule has 0 unspecified atom stereocenters. The summed E-state index contributed by atoms with van der Waals surface area (Å²) in [6.45, 7) is -0.434. The molecule has 0 bridgehead atoms. The van der Waals surface area contributed by atoms with Crippen molar-refractivity contribution < 1.29 is 14.3 Å². The second-order valence-corrected chi connectivity index (χ2v) is 7.90. The Balaban J connectivity index is 1.66. The Kier molecular flexibility index (Phi) is 6.55. The van der Waals surface area contributed by atoms with E-state index in [4.69, 9.17) is 39.5 Å². The number of carbonyl (C=O) groups is 2. The molecule has 0 fully saturated rings. The lowest BCUT2D eigenvalue weighted by Gasteiger charge is -2.07. The summed E-state index contributed by atoms with van der Waals surface area (Å²) in [7, 11) is 0. The smallest absolute Gasteiger partial charge is 0.378 e. The molecule has 0 spiro atoms. The molecule has 160 valence electrons. The van der Waals surface area contributed by atoms with Crippen LogP contribution in [0.15, 0.2) is 72.8 Å². The summed E-state index contributed by atoms with van der Waals surface area (Å²) in [5.74, 6) is -1.05. The van der Waals surface area contributed by atoms with Gasteiger partial charge in [-0.05, 0) is 30.3 Å². The Morgan fingerprint density at radius 1 is 0.875 bits per heavy atom. The van der Waals surface area contributed by atoms with Gasteiger partial charge in [0.1, 0.15) is 0 Å². The Bertz CT molecular complexity index is 1310. The van der Waals surface area contributed by atoms with Crippen LogP contribution in [0.5, 0.6) is 0 Å². The molecule has 0 saturated heterocycles. The van der Waals surface area contributed by atoms with Crippen LogP contribution < -0.4 is 0 Å². The summed E-state index contributed by atoms with van der Waals surface area (Å²) in [5.41, 5.74) is 1.59. The highest BCUT2D eigenvalue weighted by atomic mass is 35.5. The van der Waals surface area contributed by atoms with Crippen molar-refractivity contribution in [3.63, 3.8) is 0 Å². The number of ether oxygens (including phenoxy) is 1. The van der Waals surface area contributed by atoms with Crippen molar-refractivity contribution in [1.29, 1.82) is 0 Å². The first kappa shape index (κ1) is 22.0. The molecule has 0 radical (unpaired) electrons. The lowest BCUT2D eigenvalue weighted by atomic mass is 10.1. The van der Waals surface area contributed by atoms with Gasteiger partial charge in [-0.1, -0.05) is 77.3 Å². The SMILES string of the molecule is O=C(COC(=O)c1nc(-c2cccc(Cl)c2)n(-c2ccc(Cl)c(Cl)c2)n1)c1ccccc1. The molecule has 3 aromatic carbocycles. The molecule has 1 heterocycles. The molecule has 9 heteroatoms. The molecule has 32 heavy (non-hydrogen) atoms. The molecule has 0 N–H and O–H groups in total. The average Bonchev–Trinajstić information content (AvgIpc) is 3.25. The number of halogens is 3. The molecule has 0 aliphatic rings. The largest absolute Gasteiger partial charge is 0.451 e. The van der Waals surface area contributed by atoms with Crippen LogP contribution in [0.3, 0.4) is 0 Å². The van der Waals surface area contributed by atoms with Crippen LogP contribution in [0.4, 0.5) is 0 Å². The first-order chi connectivity index (χ1) is 15.4. The molecular formula is C23H14Cl3N3O3. The number of carbonyl (C=O) groups excluding carboxylic acids is 2. The quantitative estimate of drug-likeness (QED) is 0.249. The number of ketones is 1. The highest BCUT2D eigenvalue weighted by Gasteiger charge is 2.21. The van der Waals surface area contributed by atoms with E-state index in [0.717, 1.165) is 0 Å². The van der Waals surface area contributed by atoms with E-state index >= 15 is 0 Å². The van der Waals surface area contributed by atoms with Crippen molar-refractivity contribution in [3.05, 3.63) is 99.3 Å². The normalized spacial score (nSPS) is 10.7. The predicted molar refractivity (Wildman–Crippen MR) is 123 cm³/mol. The Morgan fingerprint density at radius 3 is 2.38 bits per heavy atom. The molecular weight excluding hydrogens is 473 g/mol. The summed E-state index contributed by atoms with van der Waals surface area (Å²) < 4.78 is 6.58. The molecule has 0 atom stereocenters. The zero-order chi connectivity index (χ0) is 22.7. The standard InChI is InChI=1S/C23H14Cl3N3O3/c24-16-8-4-7-15(11-16)22-27-21(28-29(22)17-9-10-18(25)19(26)12-17)23(31)32-13-20(30)14-5-2-1-3-6-14/h1-12H,13H2. The van der Waals surface area contributed by atoms with Crippen LogP contribution in [0, 0.1) is 0 Å². The zero-order valence-corrected chi connectivity index (χ0v) is 18.6. The summed E-state index contributed by atoms with van der Waals surface area (Å²) in [6, 6.07) is 20.4. The molecule has 4 rings (SSSR count). The van der Waals surface area contributed by atoms with Crippen LogP contribution in [0.1, 0.15) is 21.0 Å². The fraction of sp³-hybridized carbons (Fsp3) is 0.0435. The van der Waals surface area contributed by atoms with Crippen LogP contribution in [-0.2, 0) is 4.74 Å². The first-order valence-corrected chi connectivity index (χ1v) is 10.5. The van der Waals surface area contributed by atoms with Crippen molar-refractivity contribution in [3.8, 4) is 17.1 Å². The second-order valence-electron chi connectivity index (χ2n) is 6.64. The maximum absolute atomic E-state index is 12.6. The van der Waals surface area contributed by atoms with Crippen molar-refractivity contribution >= 4 is 46.6 Å². The van der Waals surface area contributed by atoms with Gasteiger partial charge in [0.2, 0.25) is 0 Å². The molecule has 1 aromatic heterocycles. The number of benzene rings is 3. The fourth-order valence-corrected chi connectivity index (χ4v) is 3.40. The molecule has 4 aromatic rings.